The van der Waals surface area contributed by atoms with Gasteiger partial charge < -0.3 is 5.21 Å². The summed E-state index contributed by atoms with van der Waals surface area (Å²) in [4.78, 5) is 8.11. The lowest BCUT2D eigenvalue weighted by molar-refractivity contribution is 0.299. The van der Waals surface area contributed by atoms with Crippen LogP contribution in [0.2, 0.25) is 0 Å². The Bertz CT molecular complexity index is 311. The lowest BCUT2D eigenvalue weighted by Crippen LogP contribution is -2.15. The first kappa shape index (κ1) is 32.0. The Morgan fingerprint density at radius 3 is 1.27 bits per heavy atom. The van der Waals surface area contributed by atoms with Crippen molar-refractivity contribution in [3.8, 4) is 0 Å². The number of rotatable bonds is 22. The van der Waals surface area contributed by atoms with Crippen LogP contribution in [0.5, 0.6) is 0 Å². The molecule has 3 nitrogen and oxygen atoms in total. The van der Waals surface area contributed by atoms with Crippen LogP contribution in [-0.2, 0) is 0 Å². The highest BCUT2D eigenvalue weighted by atomic mass is 31.0. The minimum Gasteiger partial charge on any atom is -0.379 e. The van der Waals surface area contributed by atoms with Gasteiger partial charge in [0.2, 0.25) is 0 Å². The Balaban J connectivity index is 0. The van der Waals surface area contributed by atoms with Crippen molar-refractivity contribution in [1.29, 1.82) is 0 Å². The standard InChI is InChI=1S/C26H55P.HNO2/c1-4-7-8-9-10-11-12-13-14-15-16-17-18-19-20-21-23-26(22-5-2)25(6-3)24-27;2-1-3/h25-26H,4-24,27H2,1-3H3;(H,2,3). The molecule has 0 aromatic carbocycles. The molecule has 0 bridgehead atoms. The summed E-state index contributed by atoms with van der Waals surface area (Å²) in [6.07, 6.45) is 30.5. The van der Waals surface area contributed by atoms with Crippen molar-refractivity contribution in [2.24, 2.45) is 17.2 Å². The first-order chi connectivity index (χ1) is 14.7. The molecule has 0 radical (unpaired) electrons. The summed E-state index contributed by atoms with van der Waals surface area (Å²) >= 11 is 0. The van der Waals surface area contributed by atoms with Gasteiger partial charge in [-0.3, -0.25) is 0 Å². The van der Waals surface area contributed by atoms with Crippen molar-refractivity contribution in [1.82, 2.24) is 0 Å². The molecule has 3 atom stereocenters. The maximum absolute atomic E-state index is 8.11. The van der Waals surface area contributed by atoms with Gasteiger partial charge in [0.1, 0.15) is 0 Å². The summed E-state index contributed by atoms with van der Waals surface area (Å²) in [5.41, 5.74) is 0. The first-order valence-electron chi connectivity index (χ1n) is 13.4. The molecule has 0 spiro atoms. The summed E-state index contributed by atoms with van der Waals surface area (Å²) in [5.74, 6) is 1.94. The lowest BCUT2D eigenvalue weighted by atomic mass is 9.84. The molecule has 0 fully saturated rings. The molecule has 0 rings (SSSR count). The zero-order chi connectivity index (χ0) is 22.7. The Labute approximate surface area is 192 Å². The Kier molecular flexibility index (Phi) is 30.8. The van der Waals surface area contributed by atoms with Crippen LogP contribution in [-0.4, -0.2) is 11.4 Å². The van der Waals surface area contributed by atoms with Gasteiger partial charge in [0.25, 0.3) is 0 Å². The van der Waals surface area contributed by atoms with Crippen LogP contribution >= 0.6 is 9.24 Å². The second-order valence-corrected chi connectivity index (χ2v) is 9.60. The molecular weight excluding hydrogens is 389 g/mol. The first-order valence-corrected chi connectivity index (χ1v) is 14.2. The predicted octanol–water partition coefficient (Wildman–Crippen LogP) is 10.1. The highest BCUT2D eigenvalue weighted by Gasteiger charge is 2.16. The van der Waals surface area contributed by atoms with E-state index in [0.29, 0.717) is 0 Å². The van der Waals surface area contributed by atoms with Gasteiger partial charge in [0, 0.05) is 0 Å². The van der Waals surface area contributed by atoms with Crippen molar-refractivity contribution in [3.63, 3.8) is 0 Å². The molecule has 0 aliphatic heterocycles. The van der Waals surface area contributed by atoms with E-state index in [1.54, 1.807) is 0 Å². The molecular formula is C26H56NO2P. The van der Waals surface area contributed by atoms with E-state index in [1.165, 1.54) is 140 Å². The minimum atomic E-state index is 0.950. The van der Waals surface area contributed by atoms with E-state index in [9.17, 15) is 0 Å². The van der Waals surface area contributed by atoms with Crippen LogP contribution in [0, 0.1) is 16.7 Å². The van der Waals surface area contributed by atoms with Gasteiger partial charge in [0.05, 0.1) is 0 Å². The van der Waals surface area contributed by atoms with E-state index in [2.05, 4.69) is 30.0 Å². The van der Waals surface area contributed by atoms with Crippen molar-refractivity contribution in [2.45, 2.75) is 149 Å². The summed E-state index contributed by atoms with van der Waals surface area (Å²) in [6.45, 7) is 7.04. The summed E-state index contributed by atoms with van der Waals surface area (Å²) < 4.78 is 0. The fourth-order valence-electron chi connectivity index (χ4n) is 4.63. The molecule has 1 N–H and O–H groups in total. The molecule has 0 aliphatic carbocycles. The van der Waals surface area contributed by atoms with Gasteiger partial charge in [-0.25, -0.2) is 0 Å². The third-order valence-electron chi connectivity index (χ3n) is 6.58. The van der Waals surface area contributed by atoms with Crippen LogP contribution in [0.1, 0.15) is 149 Å². The third-order valence-corrected chi connectivity index (χ3v) is 7.19. The van der Waals surface area contributed by atoms with Crippen molar-refractivity contribution >= 4 is 9.24 Å². The van der Waals surface area contributed by atoms with Crippen LogP contribution < -0.4 is 0 Å². The topological polar surface area (TPSA) is 49.7 Å². The molecule has 182 valence electrons. The van der Waals surface area contributed by atoms with E-state index in [0.717, 1.165) is 11.8 Å². The smallest absolute Gasteiger partial charge is 0.152 e. The van der Waals surface area contributed by atoms with Gasteiger partial charge >= 0.3 is 0 Å². The number of hydrogen-bond donors (Lipinski definition) is 1. The Hall–Kier alpha value is -0.170. The quantitative estimate of drug-likeness (QED) is 0.0779. The molecule has 0 aliphatic rings. The molecule has 3 unspecified atom stereocenters. The molecule has 0 heterocycles. The van der Waals surface area contributed by atoms with Crippen molar-refractivity contribution in [2.75, 3.05) is 6.16 Å². The van der Waals surface area contributed by atoms with E-state index in [-0.39, 0.29) is 0 Å². The average Bonchev–Trinajstić information content (AvgIpc) is 2.74. The molecule has 4 heteroatoms. The van der Waals surface area contributed by atoms with Gasteiger partial charge in [-0.2, -0.15) is 0 Å². The van der Waals surface area contributed by atoms with Gasteiger partial charge in [-0.05, 0) is 18.0 Å². The normalized spacial score (nSPS) is 12.8. The highest BCUT2D eigenvalue weighted by Crippen LogP contribution is 2.28. The molecule has 0 aromatic rings. The average molecular weight is 446 g/mol. The van der Waals surface area contributed by atoms with Gasteiger partial charge in [0.15, 0.2) is 5.34 Å². The number of nitrogens with zero attached hydrogens (tertiary/aromatic N) is 1. The van der Waals surface area contributed by atoms with Crippen LogP contribution in [0.15, 0.2) is 5.34 Å². The monoisotopic (exact) mass is 445 g/mol. The van der Waals surface area contributed by atoms with Crippen molar-refractivity contribution in [3.05, 3.63) is 4.91 Å². The van der Waals surface area contributed by atoms with Crippen LogP contribution in [0.4, 0.5) is 0 Å². The predicted molar refractivity (Wildman–Crippen MR) is 139 cm³/mol. The number of unbranched alkanes of at least 4 members (excludes halogenated alkanes) is 15. The zero-order valence-corrected chi connectivity index (χ0v) is 22.0. The summed E-state index contributed by atoms with van der Waals surface area (Å²) in [5, 5.41) is 7.89. The Morgan fingerprint density at radius 1 is 0.600 bits per heavy atom. The molecule has 0 amide bonds. The SMILES string of the molecule is CCCCCCCCCCCCCCCCCCC(CCC)C(CC)CP.O=NO. The van der Waals surface area contributed by atoms with Gasteiger partial charge in [-0.15, -0.1) is 14.1 Å². The molecule has 30 heavy (non-hydrogen) atoms. The van der Waals surface area contributed by atoms with E-state index in [4.69, 9.17) is 10.1 Å². The lowest BCUT2D eigenvalue weighted by Gasteiger charge is -2.24. The molecule has 0 saturated heterocycles. The maximum atomic E-state index is 8.11. The highest BCUT2D eigenvalue weighted by molar-refractivity contribution is 7.16. The van der Waals surface area contributed by atoms with Crippen molar-refractivity contribution < 1.29 is 5.21 Å². The molecule has 0 aromatic heterocycles. The van der Waals surface area contributed by atoms with Crippen LogP contribution in [0.3, 0.4) is 0 Å². The second kappa shape index (κ2) is 28.8. The van der Waals surface area contributed by atoms with Gasteiger partial charge in [-0.1, -0.05) is 149 Å². The van der Waals surface area contributed by atoms with Crippen LogP contribution in [0.25, 0.3) is 0 Å². The third kappa shape index (κ3) is 24.1. The zero-order valence-electron chi connectivity index (χ0n) is 20.9. The van der Waals surface area contributed by atoms with E-state index >= 15 is 0 Å². The second-order valence-electron chi connectivity index (χ2n) is 9.13. The number of hydrogen-bond acceptors (Lipinski definition) is 2. The summed E-state index contributed by atoms with van der Waals surface area (Å²) in [6, 6.07) is 0. The fraction of sp³-hybridized carbons (Fsp3) is 1.00. The minimum absolute atomic E-state index is 0.950. The van der Waals surface area contributed by atoms with E-state index in [1.807, 2.05) is 0 Å². The summed E-state index contributed by atoms with van der Waals surface area (Å²) in [7, 11) is 2.99. The maximum Gasteiger partial charge on any atom is 0.152 e. The molecule has 0 saturated carbocycles. The van der Waals surface area contributed by atoms with E-state index < -0.39 is 0 Å². The Morgan fingerprint density at radius 2 is 0.967 bits per heavy atom. The fourth-order valence-corrected chi connectivity index (χ4v) is 5.35. The largest absolute Gasteiger partial charge is 0.379 e.